The van der Waals surface area contributed by atoms with Crippen LogP contribution in [0.1, 0.15) is 49.9 Å². The predicted molar refractivity (Wildman–Crippen MR) is 103 cm³/mol. The molecular weight excluding hydrogens is 310 g/mol. The van der Waals surface area contributed by atoms with Crippen LogP contribution in [0, 0.1) is 13.8 Å². The number of nitrogens with zero attached hydrogens (tertiary/aromatic N) is 3. The number of methoxy groups -OCH3 is 1. The lowest BCUT2D eigenvalue weighted by Gasteiger charge is -2.13. The summed E-state index contributed by atoms with van der Waals surface area (Å²) in [6, 6.07) is 6.39. The van der Waals surface area contributed by atoms with Gasteiger partial charge in [-0.25, -0.2) is 9.97 Å². The number of hydrogen-bond donors (Lipinski definition) is 0. The number of ether oxygens (including phenoxy) is 1. The van der Waals surface area contributed by atoms with Crippen LogP contribution in [0.15, 0.2) is 24.4 Å². The zero-order chi connectivity index (χ0) is 18.1. The van der Waals surface area contributed by atoms with E-state index in [1.54, 1.807) is 7.11 Å². The summed E-state index contributed by atoms with van der Waals surface area (Å²) < 4.78 is 7.87. The lowest BCUT2D eigenvalue weighted by atomic mass is 10.0. The minimum absolute atomic E-state index is 0.366. The fourth-order valence-electron chi connectivity index (χ4n) is 3.28. The molecule has 0 aliphatic heterocycles. The first kappa shape index (κ1) is 17.5. The van der Waals surface area contributed by atoms with Crippen molar-refractivity contribution in [1.29, 1.82) is 0 Å². The summed E-state index contributed by atoms with van der Waals surface area (Å²) >= 11 is 0. The van der Waals surface area contributed by atoms with E-state index in [-0.39, 0.29) is 0 Å². The molecule has 0 aliphatic carbocycles. The largest absolute Gasteiger partial charge is 0.480 e. The molecule has 3 rings (SSSR count). The van der Waals surface area contributed by atoms with Crippen molar-refractivity contribution in [1.82, 2.24) is 14.5 Å². The van der Waals surface area contributed by atoms with Gasteiger partial charge in [0, 0.05) is 18.4 Å². The summed E-state index contributed by atoms with van der Waals surface area (Å²) in [6.45, 7) is 11.7. The first-order chi connectivity index (χ1) is 12.0. The van der Waals surface area contributed by atoms with Gasteiger partial charge in [-0.05, 0) is 55.5 Å². The van der Waals surface area contributed by atoms with Crippen LogP contribution in [-0.2, 0) is 6.54 Å². The van der Waals surface area contributed by atoms with Crippen molar-refractivity contribution in [2.24, 2.45) is 0 Å². The Bertz CT molecular complexity index is 909. The van der Waals surface area contributed by atoms with Crippen LogP contribution in [0.3, 0.4) is 0 Å². The molecule has 0 radical (unpaired) electrons. The van der Waals surface area contributed by atoms with E-state index in [0.29, 0.717) is 11.8 Å². The fourth-order valence-corrected chi connectivity index (χ4v) is 3.28. The molecule has 0 amide bonds. The first-order valence-electron chi connectivity index (χ1n) is 8.98. The smallest absolute Gasteiger partial charge is 0.222 e. The highest BCUT2D eigenvalue weighted by molar-refractivity contribution is 5.85. The van der Waals surface area contributed by atoms with Gasteiger partial charge in [-0.1, -0.05) is 20.8 Å². The lowest BCUT2D eigenvalue weighted by molar-refractivity contribution is 0.397. The van der Waals surface area contributed by atoms with Crippen LogP contribution in [0.5, 0.6) is 5.88 Å². The average Bonchev–Trinajstić information content (AvgIpc) is 2.89. The molecule has 0 fully saturated rings. The molecule has 4 nitrogen and oxygen atoms in total. The highest BCUT2D eigenvalue weighted by atomic mass is 16.5. The van der Waals surface area contributed by atoms with E-state index in [1.165, 1.54) is 11.1 Å². The van der Waals surface area contributed by atoms with Gasteiger partial charge in [0.15, 0.2) is 0 Å². The molecule has 3 aromatic heterocycles. The minimum atomic E-state index is 0.366. The third-order valence-electron chi connectivity index (χ3n) is 4.61. The highest BCUT2D eigenvalue weighted by Gasteiger charge is 2.16. The second-order valence-corrected chi connectivity index (χ2v) is 6.97. The Balaban J connectivity index is 2.19. The zero-order valence-corrected chi connectivity index (χ0v) is 16.1. The van der Waals surface area contributed by atoms with Crippen LogP contribution >= 0.6 is 0 Å². The number of aromatic nitrogens is 3. The maximum atomic E-state index is 5.58. The van der Waals surface area contributed by atoms with Crippen LogP contribution in [-0.4, -0.2) is 21.6 Å². The molecular formula is C21H27N3O. The Morgan fingerprint density at radius 3 is 2.52 bits per heavy atom. The second kappa shape index (κ2) is 6.87. The maximum absolute atomic E-state index is 5.58. The van der Waals surface area contributed by atoms with Gasteiger partial charge in [-0.2, -0.15) is 0 Å². The summed E-state index contributed by atoms with van der Waals surface area (Å²) in [5.74, 6) is 1.01. The van der Waals surface area contributed by atoms with Gasteiger partial charge in [0.05, 0.1) is 29.4 Å². The summed E-state index contributed by atoms with van der Waals surface area (Å²) in [5, 5.41) is 0. The van der Waals surface area contributed by atoms with Crippen molar-refractivity contribution in [3.05, 3.63) is 41.2 Å². The molecule has 0 aromatic carbocycles. The Morgan fingerprint density at radius 2 is 1.88 bits per heavy atom. The van der Waals surface area contributed by atoms with Crippen LogP contribution < -0.4 is 4.74 Å². The standard InChI is InChI=1S/C21H27N3O/c1-7-10-24-12-15(5)20-18(24)11-14(4)19(23-20)16-8-9-17(13(2)3)22-21(16)25-6/h8-9,11-13H,7,10H2,1-6H3. The molecule has 3 heterocycles. The van der Waals surface area contributed by atoms with Crippen molar-refractivity contribution < 1.29 is 4.74 Å². The lowest BCUT2D eigenvalue weighted by Crippen LogP contribution is -2.00. The summed E-state index contributed by atoms with van der Waals surface area (Å²) in [7, 11) is 1.67. The molecule has 0 N–H and O–H groups in total. The second-order valence-electron chi connectivity index (χ2n) is 6.97. The Kier molecular flexibility index (Phi) is 4.80. The van der Waals surface area contributed by atoms with E-state index >= 15 is 0 Å². The van der Waals surface area contributed by atoms with E-state index < -0.39 is 0 Å². The third-order valence-corrected chi connectivity index (χ3v) is 4.61. The van der Waals surface area contributed by atoms with Crippen molar-refractivity contribution >= 4 is 11.0 Å². The number of pyridine rings is 2. The van der Waals surface area contributed by atoms with E-state index in [0.717, 1.165) is 41.0 Å². The van der Waals surface area contributed by atoms with E-state index in [1.807, 2.05) is 0 Å². The quantitative estimate of drug-likeness (QED) is 0.638. The fraction of sp³-hybridized carbons (Fsp3) is 0.429. The molecule has 3 aromatic rings. The van der Waals surface area contributed by atoms with Crippen LogP contribution in [0.4, 0.5) is 0 Å². The highest BCUT2D eigenvalue weighted by Crippen LogP contribution is 2.33. The molecule has 132 valence electrons. The maximum Gasteiger partial charge on any atom is 0.222 e. The van der Waals surface area contributed by atoms with Gasteiger partial charge in [-0.3, -0.25) is 0 Å². The third kappa shape index (κ3) is 3.13. The molecule has 4 heteroatoms. The van der Waals surface area contributed by atoms with Crippen molar-refractivity contribution in [3.63, 3.8) is 0 Å². The molecule has 0 saturated carbocycles. The monoisotopic (exact) mass is 337 g/mol. The molecule has 0 saturated heterocycles. The van der Waals surface area contributed by atoms with E-state index in [4.69, 9.17) is 9.72 Å². The van der Waals surface area contributed by atoms with Gasteiger partial charge in [-0.15, -0.1) is 0 Å². The van der Waals surface area contributed by atoms with E-state index in [2.05, 4.69) is 68.6 Å². The molecule has 0 spiro atoms. The molecule has 0 atom stereocenters. The molecule has 0 aliphatic rings. The van der Waals surface area contributed by atoms with Crippen LogP contribution in [0.2, 0.25) is 0 Å². The SMILES string of the molecule is CCCn1cc(C)c2nc(-c3ccc(C(C)C)nc3OC)c(C)cc21. The number of rotatable bonds is 5. The molecule has 0 unspecified atom stereocenters. The molecule has 25 heavy (non-hydrogen) atoms. The van der Waals surface area contributed by atoms with Crippen LogP contribution in [0.25, 0.3) is 22.3 Å². The first-order valence-corrected chi connectivity index (χ1v) is 8.98. The average molecular weight is 337 g/mol. The number of fused-ring (bicyclic) bond motifs is 1. The normalized spacial score (nSPS) is 11.5. The van der Waals surface area contributed by atoms with Gasteiger partial charge in [0.2, 0.25) is 5.88 Å². The Labute approximate surface area is 149 Å². The van der Waals surface area contributed by atoms with Gasteiger partial charge in [0.1, 0.15) is 0 Å². The van der Waals surface area contributed by atoms with Gasteiger partial charge >= 0.3 is 0 Å². The molecule has 0 bridgehead atoms. The number of hydrogen-bond acceptors (Lipinski definition) is 3. The van der Waals surface area contributed by atoms with Gasteiger partial charge < -0.3 is 9.30 Å². The summed E-state index contributed by atoms with van der Waals surface area (Å²) in [4.78, 5) is 9.67. The number of aryl methyl sites for hydroxylation is 3. The van der Waals surface area contributed by atoms with Crippen molar-refractivity contribution in [2.45, 2.75) is 53.5 Å². The summed E-state index contributed by atoms with van der Waals surface area (Å²) in [5.41, 5.74) is 7.54. The Hall–Kier alpha value is -2.36. The van der Waals surface area contributed by atoms with Crippen molar-refractivity contribution in [3.8, 4) is 17.1 Å². The topological polar surface area (TPSA) is 39.9 Å². The zero-order valence-electron chi connectivity index (χ0n) is 16.1. The Morgan fingerprint density at radius 1 is 1.12 bits per heavy atom. The minimum Gasteiger partial charge on any atom is -0.480 e. The van der Waals surface area contributed by atoms with Gasteiger partial charge in [0.25, 0.3) is 0 Å². The van der Waals surface area contributed by atoms with Crippen molar-refractivity contribution in [2.75, 3.05) is 7.11 Å². The van der Waals surface area contributed by atoms with E-state index in [9.17, 15) is 0 Å². The summed E-state index contributed by atoms with van der Waals surface area (Å²) in [6.07, 6.45) is 3.31. The predicted octanol–water partition coefficient (Wildman–Crippen LogP) is 5.26.